The van der Waals surface area contributed by atoms with Gasteiger partial charge in [0.15, 0.2) is 6.17 Å². The van der Waals surface area contributed by atoms with Gasteiger partial charge >= 0.3 is 0 Å². The van der Waals surface area contributed by atoms with Crippen LogP contribution in [-0.2, 0) is 10.8 Å². The second kappa shape index (κ2) is 14.5. The minimum atomic E-state index is -0.375. The molecule has 1 N–H and O–H groups in total. The zero-order valence-corrected chi connectivity index (χ0v) is 33.6. The molecule has 0 bridgehead atoms. The molecule has 5 aromatic rings. The molecule has 0 saturated carbocycles. The maximum absolute atomic E-state index is 5.21. The zero-order chi connectivity index (χ0) is 38.3. The van der Waals surface area contributed by atoms with E-state index in [4.69, 9.17) is 9.98 Å². The first-order valence-electron chi connectivity index (χ1n) is 19.5. The summed E-state index contributed by atoms with van der Waals surface area (Å²) in [5.74, 6) is 1.65. The van der Waals surface area contributed by atoms with Gasteiger partial charge in [0.2, 0.25) is 0 Å². The molecule has 1 heterocycles. The second-order valence-electron chi connectivity index (χ2n) is 18.0. The molecule has 3 nitrogen and oxygen atoms in total. The maximum Gasteiger partial charge on any atom is 0.169 e. The van der Waals surface area contributed by atoms with Gasteiger partial charge in [-0.3, -0.25) is 0 Å². The van der Waals surface area contributed by atoms with E-state index >= 15 is 0 Å². The Morgan fingerprint density at radius 3 is 1.15 bits per heavy atom. The van der Waals surface area contributed by atoms with E-state index in [9.17, 15) is 0 Å². The van der Waals surface area contributed by atoms with Crippen molar-refractivity contribution in [1.82, 2.24) is 5.32 Å². The van der Waals surface area contributed by atoms with Gasteiger partial charge in [-0.2, -0.15) is 0 Å². The lowest BCUT2D eigenvalue weighted by Crippen LogP contribution is -2.36. The van der Waals surface area contributed by atoms with Crippen LogP contribution in [-0.4, -0.2) is 11.7 Å². The topological polar surface area (TPSA) is 36.8 Å². The molecule has 0 aromatic heterocycles. The van der Waals surface area contributed by atoms with Crippen LogP contribution >= 0.6 is 0 Å². The minimum absolute atomic E-state index is 0.127. The summed E-state index contributed by atoms with van der Waals surface area (Å²) in [6, 6.07) is 44.2. The number of nitrogens with one attached hydrogen (secondary N) is 1. The summed E-state index contributed by atoms with van der Waals surface area (Å²) >= 11 is 0. The molecule has 274 valence electrons. The van der Waals surface area contributed by atoms with Crippen LogP contribution in [0.5, 0.6) is 0 Å². The molecular weight excluding hydrogens is 655 g/mol. The molecule has 1 atom stereocenters. The highest BCUT2D eigenvalue weighted by Gasteiger charge is 2.23. The van der Waals surface area contributed by atoms with E-state index in [-0.39, 0.29) is 22.4 Å². The Kier molecular flexibility index (Phi) is 9.96. The van der Waals surface area contributed by atoms with Crippen molar-refractivity contribution in [1.29, 1.82) is 0 Å². The van der Waals surface area contributed by atoms with Gasteiger partial charge in [0.05, 0.1) is 0 Å². The third-order valence-electron chi connectivity index (χ3n) is 10.9. The normalized spacial score (nSPS) is 16.5. The minimum Gasteiger partial charge on any atom is -0.324 e. The van der Waals surface area contributed by atoms with Crippen LogP contribution in [0.3, 0.4) is 0 Å². The summed E-state index contributed by atoms with van der Waals surface area (Å²) in [6.45, 7) is 20.4. The average molecular weight is 710 g/mol. The van der Waals surface area contributed by atoms with Crippen molar-refractivity contribution < 1.29 is 0 Å². The Morgan fingerprint density at radius 2 is 0.778 bits per heavy atom. The van der Waals surface area contributed by atoms with Crippen molar-refractivity contribution in [2.45, 2.75) is 92.2 Å². The van der Waals surface area contributed by atoms with Gasteiger partial charge in [0.25, 0.3) is 0 Å². The van der Waals surface area contributed by atoms with Gasteiger partial charge in [0.1, 0.15) is 11.7 Å². The lowest BCUT2D eigenvalue weighted by molar-refractivity contribution is 0.482. The SMILES string of the molecule is CC(C)(C)C1=CC=C(c2ccc(C3=NC(c4ccc(-c5ccc(C(C)(C)C)cc5)cc4)N=C(c4ccc(-c5ccc(C(C)(C)C)cc5)cc4)N3)cc2)CC1. The molecule has 1 aliphatic carbocycles. The van der Waals surface area contributed by atoms with E-state index in [0.29, 0.717) is 0 Å². The summed E-state index contributed by atoms with van der Waals surface area (Å²) in [5.41, 5.74) is 15.2. The summed E-state index contributed by atoms with van der Waals surface area (Å²) in [5, 5.41) is 3.62. The fourth-order valence-corrected chi connectivity index (χ4v) is 7.23. The third kappa shape index (κ3) is 8.26. The molecule has 0 saturated heterocycles. The molecule has 54 heavy (non-hydrogen) atoms. The Hall–Kier alpha value is -5.28. The Morgan fingerprint density at radius 1 is 0.407 bits per heavy atom. The van der Waals surface area contributed by atoms with Crippen LogP contribution in [0.25, 0.3) is 27.8 Å². The van der Waals surface area contributed by atoms with E-state index in [1.54, 1.807) is 0 Å². The fraction of sp³-hybridized carbons (Fsp3) is 0.294. The lowest BCUT2D eigenvalue weighted by Gasteiger charge is -2.26. The molecule has 0 fully saturated rings. The van der Waals surface area contributed by atoms with Gasteiger partial charge in [-0.15, -0.1) is 0 Å². The predicted octanol–water partition coefficient (Wildman–Crippen LogP) is 13.3. The van der Waals surface area contributed by atoms with Crippen molar-refractivity contribution in [3.8, 4) is 22.3 Å². The number of nitrogens with zero attached hydrogens (tertiary/aromatic N) is 2. The van der Waals surface area contributed by atoms with E-state index in [2.05, 4.69) is 201 Å². The van der Waals surface area contributed by atoms with Crippen molar-refractivity contribution in [2.24, 2.45) is 15.4 Å². The largest absolute Gasteiger partial charge is 0.324 e. The van der Waals surface area contributed by atoms with Gasteiger partial charge in [-0.05, 0) is 79.2 Å². The van der Waals surface area contributed by atoms with Crippen molar-refractivity contribution in [2.75, 3.05) is 0 Å². The first-order chi connectivity index (χ1) is 25.6. The Labute approximate surface area is 323 Å². The summed E-state index contributed by atoms with van der Waals surface area (Å²) < 4.78 is 0. The first kappa shape index (κ1) is 37.1. The summed E-state index contributed by atoms with van der Waals surface area (Å²) in [6.07, 6.45) is 6.43. The first-order valence-corrected chi connectivity index (χ1v) is 19.5. The van der Waals surface area contributed by atoms with E-state index in [1.807, 2.05) is 0 Å². The number of hydrogen-bond donors (Lipinski definition) is 1. The van der Waals surface area contributed by atoms with E-state index in [1.165, 1.54) is 50.1 Å². The maximum atomic E-state index is 5.21. The molecule has 2 aliphatic rings. The van der Waals surface area contributed by atoms with Crippen molar-refractivity contribution in [3.05, 3.63) is 172 Å². The molecule has 0 spiro atoms. The zero-order valence-electron chi connectivity index (χ0n) is 33.6. The number of hydrogen-bond acceptors (Lipinski definition) is 3. The van der Waals surface area contributed by atoms with Crippen molar-refractivity contribution >= 4 is 17.2 Å². The highest BCUT2D eigenvalue weighted by Crippen LogP contribution is 2.36. The van der Waals surface area contributed by atoms with Gasteiger partial charge in [-0.1, -0.05) is 201 Å². The van der Waals surface area contributed by atoms with Crippen LogP contribution in [0.1, 0.15) is 115 Å². The Bertz CT molecular complexity index is 2220. The fourth-order valence-electron chi connectivity index (χ4n) is 7.23. The molecule has 7 rings (SSSR count). The van der Waals surface area contributed by atoms with Gasteiger partial charge < -0.3 is 5.32 Å². The monoisotopic (exact) mass is 709 g/mol. The van der Waals surface area contributed by atoms with Gasteiger partial charge in [-0.25, -0.2) is 9.98 Å². The van der Waals surface area contributed by atoms with E-state index < -0.39 is 0 Å². The highest BCUT2D eigenvalue weighted by atomic mass is 15.2. The number of allylic oxidation sites excluding steroid dienone is 4. The highest BCUT2D eigenvalue weighted by molar-refractivity contribution is 6.16. The Balaban J connectivity index is 1.18. The quantitative estimate of drug-likeness (QED) is 0.187. The summed E-state index contributed by atoms with van der Waals surface area (Å²) in [4.78, 5) is 10.4. The molecule has 1 unspecified atom stereocenters. The van der Waals surface area contributed by atoms with Gasteiger partial charge in [0, 0.05) is 11.1 Å². The molecule has 1 aliphatic heterocycles. The molecule has 5 aromatic carbocycles. The van der Waals surface area contributed by atoms with Crippen LogP contribution in [0.2, 0.25) is 0 Å². The van der Waals surface area contributed by atoms with Crippen LogP contribution in [0.15, 0.2) is 149 Å². The van der Waals surface area contributed by atoms with Crippen molar-refractivity contribution in [3.63, 3.8) is 0 Å². The summed E-state index contributed by atoms with van der Waals surface area (Å²) in [7, 11) is 0. The number of amidine groups is 2. The van der Waals surface area contributed by atoms with Crippen LogP contribution in [0.4, 0.5) is 0 Å². The number of benzene rings is 5. The molecular formula is C51H55N3. The molecule has 0 radical (unpaired) electrons. The van der Waals surface area contributed by atoms with Crippen LogP contribution in [0, 0.1) is 5.41 Å². The smallest absolute Gasteiger partial charge is 0.169 e. The average Bonchev–Trinajstić information content (AvgIpc) is 3.17. The van der Waals surface area contributed by atoms with E-state index in [0.717, 1.165) is 41.2 Å². The second-order valence-corrected chi connectivity index (χ2v) is 18.0. The number of aliphatic imine (C=N–C) groups is 2. The number of rotatable bonds is 6. The molecule has 0 amide bonds. The third-order valence-corrected chi connectivity index (χ3v) is 10.9. The van der Waals surface area contributed by atoms with Crippen LogP contribution < -0.4 is 5.32 Å². The molecule has 3 heteroatoms. The standard InChI is InChI=1S/C51H55N3/c1-49(2,3)43-28-22-37(23-29-43)34-10-16-40(17-11-34)46-52-47(41-18-12-35(13-19-41)38-24-30-44(31-25-38)50(4,5)6)54-48(53-46)42-20-14-36(15-21-42)39-26-32-45(33-27-39)51(7,8)9/h10-26,28-32,46H,27,33H2,1-9H3,(H,52,53,54). The lowest BCUT2D eigenvalue weighted by atomic mass is 9.79. The predicted molar refractivity (Wildman–Crippen MR) is 231 cm³/mol.